The van der Waals surface area contributed by atoms with Gasteiger partial charge < -0.3 is 5.11 Å². The van der Waals surface area contributed by atoms with Gasteiger partial charge in [0.25, 0.3) is 0 Å². The molecule has 1 rings (SSSR count). The molecule has 1 nitrogen and oxygen atoms in total. The summed E-state index contributed by atoms with van der Waals surface area (Å²) in [7, 11) is 0. The standard InChI is InChI=1S/C9H14ClIO/c10-9(8(11)6-12)7-4-2-1-3-5-7/h7,12H,1-6H2/b9-8+. The van der Waals surface area contributed by atoms with Crippen LogP contribution in [-0.2, 0) is 0 Å². The summed E-state index contributed by atoms with van der Waals surface area (Å²) >= 11 is 8.25. The van der Waals surface area contributed by atoms with E-state index in [-0.39, 0.29) is 6.61 Å². The molecule has 0 aromatic rings. The Kier molecular flexibility index (Phi) is 4.90. The Labute approximate surface area is 92.3 Å². The fourth-order valence-electron chi connectivity index (χ4n) is 1.65. The van der Waals surface area contributed by atoms with Crippen LogP contribution in [0.25, 0.3) is 0 Å². The van der Waals surface area contributed by atoms with E-state index in [1.165, 1.54) is 32.1 Å². The molecule has 0 aromatic heterocycles. The van der Waals surface area contributed by atoms with Gasteiger partial charge in [0.2, 0.25) is 0 Å². The minimum atomic E-state index is 0.0931. The van der Waals surface area contributed by atoms with E-state index in [0.29, 0.717) is 5.92 Å². The third-order valence-corrected chi connectivity index (χ3v) is 4.14. The lowest BCUT2D eigenvalue weighted by atomic mass is 9.89. The molecule has 70 valence electrons. The number of rotatable bonds is 2. The maximum atomic E-state index is 8.89. The van der Waals surface area contributed by atoms with Gasteiger partial charge in [-0.3, -0.25) is 0 Å². The fourth-order valence-corrected chi connectivity index (χ4v) is 2.37. The van der Waals surface area contributed by atoms with E-state index < -0.39 is 0 Å². The van der Waals surface area contributed by atoms with Crippen molar-refractivity contribution in [3.63, 3.8) is 0 Å². The average Bonchev–Trinajstić information content (AvgIpc) is 2.17. The highest BCUT2D eigenvalue weighted by Gasteiger charge is 2.18. The molecule has 0 spiro atoms. The van der Waals surface area contributed by atoms with Gasteiger partial charge >= 0.3 is 0 Å². The summed E-state index contributed by atoms with van der Waals surface area (Å²) in [5.41, 5.74) is 0. The minimum absolute atomic E-state index is 0.0931. The zero-order valence-electron chi connectivity index (χ0n) is 7.02. The zero-order chi connectivity index (χ0) is 8.97. The van der Waals surface area contributed by atoms with E-state index in [0.717, 1.165) is 8.61 Å². The molecule has 0 bridgehead atoms. The average molecular weight is 301 g/mol. The summed E-state index contributed by atoms with van der Waals surface area (Å²) in [5.74, 6) is 0.527. The highest BCUT2D eigenvalue weighted by molar-refractivity contribution is 14.1. The second-order valence-corrected chi connectivity index (χ2v) is 4.96. The normalized spacial score (nSPS) is 22.2. The van der Waals surface area contributed by atoms with E-state index in [2.05, 4.69) is 22.6 Å². The zero-order valence-corrected chi connectivity index (χ0v) is 9.94. The summed E-state index contributed by atoms with van der Waals surface area (Å²) in [6, 6.07) is 0. The van der Waals surface area contributed by atoms with Gasteiger partial charge in [-0.2, -0.15) is 0 Å². The van der Waals surface area contributed by atoms with Gasteiger partial charge in [0, 0.05) is 8.61 Å². The summed E-state index contributed by atoms with van der Waals surface area (Å²) in [5, 5.41) is 9.79. The van der Waals surface area contributed by atoms with Crippen LogP contribution in [0, 0.1) is 5.92 Å². The van der Waals surface area contributed by atoms with Crippen LogP contribution in [0.5, 0.6) is 0 Å². The maximum Gasteiger partial charge on any atom is 0.0750 e. The second-order valence-electron chi connectivity index (χ2n) is 3.25. The third kappa shape index (κ3) is 2.89. The van der Waals surface area contributed by atoms with Gasteiger partial charge in [0.15, 0.2) is 0 Å². The topological polar surface area (TPSA) is 20.2 Å². The van der Waals surface area contributed by atoms with Crippen molar-refractivity contribution in [2.45, 2.75) is 32.1 Å². The van der Waals surface area contributed by atoms with Crippen LogP contribution in [-0.4, -0.2) is 11.7 Å². The molecule has 0 saturated heterocycles. The van der Waals surface area contributed by atoms with Gasteiger partial charge in [-0.05, 0) is 41.4 Å². The second kappa shape index (κ2) is 5.45. The predicted molar refractivity (Wildman–Crippen MR) is 60.6 cm³/mol. The Morgan fingerprint density at radius 2 is 1.92 bits per heavy atom. The molecule has 1 N–H and O–H groups in total. The molecular formula is C9H14ClIO. The van der Waals surface area contributed by atoms with Crippen LogP contribution in [0.4, 0.5) is 0 Å². The van der Waals surface area contributed by atoms with E-state index >= 15 is 0 Å². The molecule has 0 aromatic carbocycles. The first-order chi connectivity index (χ1) is 5.75. The Balaban J connectivity index is 2.55. The monoisotopic (exact) mass is 300 g/mol. The molecular weight excluding hydrogens is 286 g/mol. The first kappa shape index (κ1) is 10.8. The molecule has 1 aliphatic carbocycles. The minimum Gasteiger partial charge on any atom is -0.391 e. The van der Waals surface area contributed by atoms with Crippen molar-refractivity contribution in [3.8, 4) is 0 Å². The van der Waals surface area contributed by atoms with Gasteiger partial charge in [-0.1, -0.05) is 30.9 Å². The molecule has 0 aliphatic heterocycles. The molecule has 0 amide bonds. The van der Waals surface area contributed by atoms with Crippen LogP contribution >= 0.6 is 34.2 Å². The number of hydrogen-bond acceptors (Lipinski definition) is 1. The van der Waals surface area contributed by atoms with E-state index in [1.54, 1.807) is 0 Å². The van der Waals surface area contributed by atoms with Gasteiger partial charge in [-0.15, -0.1) is 0 Å². The molecule has 0 atom stereocenters. The summed E-state index contributed by atoms with van der Waals surface area (Å²) in [6.45, 7) is 0.0931. The SMILES string of the molecule is OC/C(I)=C(\Cl)C1CCCCC1. The van der Waals surface area contributed by atoms with Gasteiger partial charge in [0.05, 0.1) is 6.61 Å². The Hall–Kier alpha value is 0.720. The van der Waals surface area contributed by atoms with Crippen molar-refractivity contribution in [3.05, 3.63) is 8.61 Å². The number of allylic oxidation sites excluding steroid dienone is 1. The highest BCUT2D eigenvalue weighted by Crippen LogP contribution is 2.34. The largest absolute Gasteiger partial charge is 0.391 e. The molecule has 12 heavy (non-hydrogen) atoms. The molecule has 3 heteroatoms. The molecule has 1 fully saturated rings. The van der Waals surface area contributed by atoms with Crippen LogP contribution in [0.1, 0.15) is 32.1 Å². The van der Waals surface area contributed by atoms with Gasteiger partial charge in [-0.25, -0.2) is 0 Å². The van der Waals surface area contributed by atoms with Crippen LogP contribution in [0.2, 0.25) is 0 Å². The highest BCUT2D eigenvalue weighted by atomic mass is 127. The molecule has 0 unspecified atom stereocenters. The fraction of sp³-hybridized carbons (Fsp3) is 0.778. The third-order valence-electron chi connectivity index (χ3n) is 2.36. The van der Waals surface area contributed by atoms with Crippen molar-refractivity contribution < 1.29 is 5.11 Å². The number of aliphatic hydroxyl groups excluding tert-OH is 1. The van der Waals surface area contributed by atoms with Crippen LogP contribution in [0.3, 0.4) is 0 Å². The van der Waals surface area contributed by atoms with Crippen molar-refractivity contribution >= 4 is 34.2 Å². The first-order valence-corrected chi connectivity index (χ1v) is 5.86. The van der Waals surface area contributed by atoms with Crippen molar-refractivity contribution in [1.82, 2.24) is 0 Å². The molecule has 0 heterocycles. The Morgan fingerprint density at radius 3 is 2.42 bits per heavy atom. The van der Waals surface area contributed by atoms with Crippen molar-refractivity contribution in [1.29, 1.82) is 0 Å². The number of halogens is 2. The van der Waals surface area contributed by atoms with E-state index in [4.69, 9.17) is 16.7 Å². The summed E-state index contributed by atoms with van der Waals surface area (Å²) < 4.78 is 0.918. The Bertz CT molecular complexity index is 173. The first-order valence-electron chi connectivity index (χ1n) is 4.40. The molecule has 1 aliphatic rings. The summed E-state index contributed by atoms with van der Waals surface area (Å²) in [4.78, 5) is 0. The number of hydrogen-bond donors (Lipinski definition) is 1. The Morgan fingerprint density at radius 1 is 1.33 bits per heavy atom. The van der Waals surface area contributed by atoms with Crippen LogP contribution < -0.4 is 0 Å². The summed E-state index contributed by atoms with van der Waals surface area (Å²) in [6.07, 6.45) is 6.32. The van der Waals surface area contributed by atoms with Crippen molar-refractivity contribution in [2.75, 3.05) is 6.61 Å². The lowest BCUT2D eigenvalue weighted by molar-refractivity contribution is 0.337. The maximum absolute atomic E-state index is 8.89. The lowest BCUT2D eigenvalue weighted by Gasteiger charge is -2.21. The molecule has 0 radical (unpaired) electrons. The van der Waals surface area contributed by atoms with Crippen molar-refractivity contribution in [2.24, 2.45) is 5.92 Å². The quantitative estimate of drug-likeness (QED) is 0.775. The lowest BCUT2D eigenvalue weighted by Crippen LogP contribution is -2.07. The van der Waals surface area contributed by atoms with E-state index in [9.17, 15) is 0 Å². The molecule has 1 saturated carbocycles. The van der Waals surface area contributed by atoms with Crippen LogP contribution in [0.15, 0.2) is 8.61 Å². The van der Waals surface area contributed by atoms with E-state index in [1.807, 2.05) is 0 Å². The number of aliphatic hydroxyl groups is 1. The van der Waals surface area contributed by atoms with Gasteiger partial charge in [0.1, 0.15) is 0 Å². The smallest absolute Gasteiger partial charge is 0.0750 e. The predicted octanol–water partition coefficient (Wildman–Crippen LogP) is 3.44.